The molecular formula is C19H41N. The lowest BCUT2D eigenvalue weighted by molar-refractivity contribution is 0.146. The van der Waals surface area contributed by atoms with Gasteiger partial charge in [0.2, 0.25) is 0 Å². The topological polar surface area (TPSA) is 12.0 Å². The number of hydrogen-bond donors (Lipinski definition) is 1. The molecule has 0 rings (SSSR count). The van der Waals surface area contributed by atoms with Crippen molar-refractivity contribution in [2.45, 2.75) is 93.5 Å². The molecule has 0 aliphatic rings. The van der Waals surface area contributed by atoms with Crippen LogP contribution in [0.15, 0.2) is 0 Å². The standard InChI is InChI=1S/C19H41N/c1-10-16(5)13-19(8,9)20-14-17(11-2)18(6,7)12-15(3)4/h15-17,20H,10-14H2,1-9H3. The third-order valence-corrected chi connectivity index (χ3v) is 4.92. The molecule has 0 aliphatic heterocycles. The summed E-state index contributed by atoms with van der Waals surface area (Å²) < 4.78 is 0. The monoisotopic (exact) mass is 283 g/mol. The van der Waals surface area contributed by atoms with Gasteiger partial charge in [0.15, 0.2) is 0 Å². The van der Waals surface area contributed by atoms with E-state index >= 15 is 0 Å². The van der Waals surface area contributed by atoms with E-state index in [2.05, 4.69) is 67.6 Å². The highest BCUT2D eigenvalue weighted by Crippen LogP contribution is 2.36. The van der Waals surface area contributed by atoms with E-state index in [1.807, 2.05) is 0 Å². The predicted octanol–water partition coefficient (Wildman–Crippen LogP) is 5.89. The number of hydrogen-bond acceptors (Lipinski definition) is 1. The SMILES string of the molecule is CCC(C)CC(C)(C)NCC(CC)C(C)(C)CC(C)C. The summed E-state index contributed by atoms with van der Waals surface area (Å²) in [6, 6.07) is 0. The van der Waals surface area contributed by atoms with Crippen LogP contribution in [-0.2, 0) is 0 Å². The molecule has 122 valence electrons. The molecule has 0 aromatic heterocycles. The smallest absolute Gasteiger partial charge is 0.0127 e. The summed E-state index contributed by atoms with van der Waals surface area (Å²) in [7, 11) is 0. The number of nitrogens with one attached hydrogen (secondary N) is 1. The van der Waals surface area contributed by atoms with Crippen molar-refractivity contribution in [2.24, 2.45) is 23.2 Å². The van der Waals surface area contributed by atoms with Crippen molar-refractivity contribution >= 4 is 0 Å². The molecule has 0 heterocycles. The molecule has 2 unspecified atom stereocenters. The quantitative estimate of drug-likeness (QED) is 0.527. The lowest BCUT2D eigenvalue weighted by Crippen LogP contribution is -2.45. The molecular weight excluding hydrogens is 242 g/mol. The zero-order valence-corrected chi connectivity index (χ0v) is 15.8. The fourth-order valence-electron chi connectivity index (χ4n) is 3.68. The Labute approximate surface area is 129 Å². The van der Waals surface area contributed by atoms with Crippen LogP contribution < -0.4 is 5.32 Å². The molecule has 0 fully saturated rings. The largest absolute Gasteiger partial charge is 0.311 e. The molecule has 1 nitrogen and oxygen atoms in total. The molecule has 0 amide bonds. The van der Waals surface area contributed by atoms with Crippen molar-refractivity contribution in [3.05, 3.63) is 0 Å². The van der Waals surface area contributed by atoms with Gasteiger partial charge in [0.1, 0.15) is 0 Å². The van der Waals surface area contributed by atoms with Crippen molar-refractivity contribution in [3.8, 4) is 0 Å². The second-order valence-corrected chi connectivity index (χ2v) is 8.67. The summed E-state index contributed by atoms with van der Waals surface area (Å²) in [5.74, 6) is 2.36. The molecule has 0 radical (unpaired) electrons. The second kappa shape index (κ2) is 8.41. The van der Waals surface area contributed by atoms with Gasteiger partial charge in [0.25, 0.3) is 0 Å². The summed E-state index contributed by atoms with van der Waals surface area (Å²) >= 11 is 0. The third-order valence-electron chi connectivity index (χ3n) is 4.92. The normalized spacial score (nSPS) is 16.5. The Morgan fingerprint density at radius 1 is 0.850 bits per heavy atom. The predicted molar refractivity (Wildman–Crippen MR) is 93.2 cm³/mol. The van der Waals surface area contributed by atoms with Gasteiger partial charge in [-0.05, 0) is 56.4 Å². The zero-order chi connectivity index (χ0) is 16.0. The highest BCUT2D eigenvalue weighted by Gasteiger charge is 2.30. The Hall–Kier alpha value is -0.0400. The van der Waals surface area contributed by atoms with Gasteiger partial charge < -0.3 is 5.32 Å². The molecule has 1 heteroatoms. The summed E-state index contributed by atoms with van der Waals surface area (Å²) in [5.41, 5.74) is 0.694. The Morgan fingerprint density at radius 3 is 1.80 bits per heavy atom. The van der Waals surface area contributed by atoms with Gasteiger partial charge in [-0.15, -0.1) is 0 Å². The summed E-state index contributed by atoms with van der Waals surface area (Å²) in [6.07, 6.45) is 5.14. The highest BCUT2D eigenvalue weighted by atomic mass is 15.0. The lowest BCUT2D eigenvalue weighted by atomic mass is 9.72. The van der Waals surface area contributed by atoms with Gasteiger partial charge in [0, 0.05) is 5.54 Å². The molecule has 0 aliphatic carbocycles. The first-order valence-corrected chi connectivity index (χ1v) is 8.79. The highest BCUT2D eigenvalue weighted by molar-refractivity contribution is 4.85. The maximum atomic E-state index is 3.85. The third kappa shape index (κ3) is 7.67. The van der Waals surface area contributed by atoms with E-state index in [4.69, 9.17) is 0 Å². The maximum Gasteiger partial charge on any atom is 0.0127 e. The molecule has 0 spiro atoms. The van der Waals surface area contributed by atoms with Gasteiger partial charge in [-0.1, -0.05) is 61.3 Å². The summed E-state index contributed by atoms with van der Waals surface area (Å²) in [5, 5.41) is 3.85. The Kier molecular flexibility index (Phi) is 8.40. The van der Waals surface area contributed by atoms with E-state index in [1.165, 1.54) is 25.7 Å². The van der Waals surface area contributed by atoms with E-state index in [1.54, 1.807) is 0 Å². The second-order valence-electron chi connectivity index (χ2n) is 8.67. The summed E-state index contributed by atoms with van der Waals surface area (Å²) in [4.78, 5) is 0. The minimum absolute atomic E-state index is 0.261. The fraction of sp³-hybridized carbons (Fsp3) is 1.00. The van der Waals surface area contributed by atoms with Crippen LogP contribution >= 0.6 is 0 Å². The minimum atomic E-state index is 0.261. The average Bonchev–Trinajstić information content (AvgIpc) is 2.26. The molecule has 0 aromatic carbocycles. The van der Waals surface area contributed by atoms with Crippen molar-refractivity contribution in [2.75, 3.05) is 6.54 Å². The van der Waals surface area contributed by atoms with E-state index in [0.717, 1.165) is 24.3 Å². The van der Waals surface area contributed by atoms with Gasteiger partial charge in [-0.2, -0.15) is 0 Å². The Bertz CT molecular complexity index is 252. The van der Waals surface area contributed by atoms with Crippen LogP contribution in [0.5, 0.6) is 0 Å². The fourth-order valence-corrected chi connectivity index (χ4v) is 3.68. The van der Waals surface area contributed by atoms with Crippen LogP contribution in [0.2, 0.25) is 0 Å². The van der Waals surface area contributed by atoms with Crippen molar-refractivity contribution < 1.29 is 0 Å². The van der Waals surface area contributed by atoms with Gasteiger partial charge in [-0.3, -0.25) is 0 Å². The first kappa shape index (κ1) is 20.0. The van der Waals surface area contributed by atoms with E-state index in [-0.39, 0.29) is 5.54 Å². The molecule has 20 heavy (non-hydrogen) atoms. The van der Waals surface area contributed by atoms with Gasteiger partial charge in [-0.25, -0.2) is 0 Å². The van der Waals surface area contributed by atoms with Crippen LogP contribution in [0.1, 0.15) is 88.0 Å². The van der Waals surface area contributed by atoms with Crippen LogP contribution in [0.3, 0.4) is 0 Å². The van der Waals surface area contributed by atoms with Crippen LogP contribution in [0.4, 0.5) is 0 Å². The van der Waals surface area contributed by atoms with E-state index in [9.17, 15) is 0 Å². The molecule has 0 aromatic rings. The molecule has 2 atom stereocenters. The molecule has 1 N–H and O–H groups in total. The zero-order valence-electron chi connectivity index (χ0n) is 15.8. The van der Waals surface area contributed by atoms with Crippen molar-refractivity contribution in [1.29, 1.82) is 0 Å². The van der Waals surface area contributed by atoms with Gasteiger partial charge in [0.05, 0.1) is 0 Å². The van der Waals surface area contributed by atoms with Gasteiger partial charge >= 0.3 is 0 Å². The minimum Gasteiger partial charge on any atom is -0.311 e. The average molecular weight is 284 g/mol. The van der Waals surface area contributed by atoms with Crippen molar-refractivity contribution in [1.82, 2.24) is 5.32 Å². The van der Waals surface area contributed by atoms with Crippen LogP contribution in [0.25, 0.3) is 0 Å². The van der Waals surface area contributed by atoms with E-state index < -0.39 is 0 Å². The maximum absolute atomic E-state index is 3.85. The van der Waals surface area contributed by atoms with Crippen LogP contribution in [-0.4, -0.2) is 12.1 Å². The summed E-state index contributed by atoms with van der Waals surface area (Å²) in [6.45, 7) is 22.5. The van der Waals surface area contributed by atoms with Crippen molar-refractivity contribution in [3.63, 3.8) is 0 Å². The lowest BCUT2D eigenvalue weighted by Gasteiger charge is -2.38. The first-order chi connectivity index (χ1) is 9.04. The molecule has 0 saturated carbocycles. The first-order valence-electron chi connectivity index (χ1n) is 8.79. The van der Waals surface area contributed by atoms with Crippen LogP contribution in [0, 0.1) is 23.2 Å². The Balaban J connectivity index is 4.50. The number of rotatable bonds is 10. The molecule has 0 bridgehead atoms. The molecule has 0 saturated heterocycles. The Morgan fingerprint density at radius 2 is 1.40 bits per heavy atom. The van der Waals surface area contributed by atoms with E-state index in [0.29, 0.717) is 5.41 Å².